The summed E-state index contributed by atoms with van der Waals surface area (Å²) >= 11 is 3.44. The van der Waals surface area contributed by atoms with Gasteiger partial charge in [-0.15, -0.1) is 0 Å². The van der Waals surface area contributed by atoms with Crippen LogP contribution in [0.5, 0.6) is 0 Å². The fourth-order valence-corrected chi connectivity index (χ4v) is 2.00. The Kier molecular flexibility index (Phi) is 3.46. The van der Waals surface area contributed by atoms with E-state index in [2.05, 4.69) is 20.9 Å². The number of nitrogens with zero attached hydrogens (tertiary/aromatic N) is 2. The van der Waals surface area contributed by atoms with E-state index in [1.165, 1.54) is 0 Å². The summed E-state index contributed by atoms with van der Waals surface area (Å²) in [5.74, 6) is 0.535. The summed E-state index contributed by atoms with van der Waals surface area (Å²) in [7, 11) is 0. The van der Waals surface area contributed by atoms with E-state index >= 15 is 0 Å². The molecule has 86 valence electrons. The molecule has 2 rings (SSSR count). The van der Waals surface area contributed by atoms with Crippen molar-refractivity contribution >= 4 is 32.9 Å². The average Bonchev–Trinajstić information content (AvgIpc) is 2.56. The first-order valence-corrected chi connectivity index (χ1v) is 6.00. The highest BCUT2D eigenvalue weighted by molar-refractivity contribution is 9.10. The monoisotopic (exact) mass is 283 g/mol. The van der Waals surface area contributed by atoms with E-state index in [-0.39, 0.29) is 0 Å². The van der Waals surface area contributed by atoms with Crippen molar-refractivity contribution in [3.63, 3.8) is 0 Å². The lowest BCUT2D eigenvalue weighted by Gasteiger charge is -2.06. The number of imidazole rings is 1. The highest BCUT2D eigenvalue weighted by Gasteiger charge is 2.07. The minimum absolute atomic E-state index is 0.535. The van der Waals surface area contributed by atoms with Crippen LogP contribution in [0.1, 0.15) is 6.92 Å². The van der Waals surface area contributed by atoms with E-state index in [0.717, 1.165) is 28.7 Å². The van der Waals surface area contributed by atoms with Crippen LogP contribution < -0.4 is 5.73 Å². The molecule has 1 aromatic carbocycles. The lowest BCUT2D eigenvalue weighted by molar-refractivity contribution is 0.140. The van der Waals surface area contributed by atoms with Crippen LogP contribution in [0.15, 0.2) is 22.7 Å². The van der Waals surface area contributed by atoms with Crippen LogP contribution in [0.4, 0.5) is 5.95 Å². The van der Waals surface area contributed by atoms with Crippen molar-refractivity contribution in [3.8, 4) is 0 Å². The number of hydrogen-bond donors (Lipinski definition) is 1. The summed E-state index contributed by atoms with van der Waals surface area (Å²) in [6.45, 7) is 4.08. The molecule has 0 bridgehead atoms. The van der Waals surface area contributed by atoms with Gasteiger partial charge < -0.3 is 15.0 Å². The second kappa shape index (κ2) is 4.84. The Hall–Kier alpha value is -1.07. The van der Waals surface area contributed by atoms with Crippen molar-refractivity contribution in [2.24, 2.45) is 0 Å². The minimum Gasteiger partial charge on any atom is -0.380 e. The van der Waals surface area contributed by atoms with Crippen LogP contribution in [0, 0.1) is 0 Å². The van der Waals surface area contributed by atoms with Crippen molar-refractivity contribution in [3.05, 3.63) is 22.7 Å². The Morgan fingerprint density at radius 3 is 3.06 bits per heavy atom. The summed E-state index contributed by atoms with van der Waals surface area (Å²) in [5, 5.41) is 0. The summed E-state index contributed by atoms with van der Waals surface area (Å²) < 4.78 is 8.32. The molecule has 0 saturated carbocycles. The molecule has 0 aliphatic carbocycles. The molecule has 0 fully saturated rings. The number of fused-ring (bicyclic) bond motifs is 1. The van der Waals surface area contributed by atoms with Crippen LogP contribution in [0.25, 0.3) is 11.0 Å². The van der Waals surface area contributed by atoms with Crippen molar-refractivity contribution in [1.82, 2.24) is 9.55 Å². The molecular formula is C11H14BrN3O. The molecule has 1 heterocycles. The molecule has 0 spiro atoms. The van der Waals surface area contributed by atoms with Crippen molar-refractivity contribution < 1.29 is 4.74 Å². The molecule has 2 N–H and O–H groups in total. The number of nitrogens with two attached hydrogens (primary N) is 1. The topological polar surface area (TPSA) is 53.1 Å². The first-order chi connectivity index (χ1) is 7.72. The molecule has 0 aliphatic rings. The molecule has 0 aliphatic heterocycles. The molecule has 0 radical (unpaired) electrons. The third kappa shape index (κ3) is 2.20. The molecule has 0 unspecified atom stereocenters. The number of aromatic nitrogens is 2. The predicted octanol–water partition coefficient (Wildman–Crippen LogP) is 2.42. The lowest BCUT2D eigenvalue weighted by Crippen LogP contribution is -2.08. The van der Waals surface area contributed by atoms with Gasteiger partial charge in [0.05, 0.1) is 17.6 Å². The molecule has 5 heteroatoms. The molecule has 1 aromatic heterocycles. The molecule has 4 nitrogen and oxygen atoms in total. The fourth-order valence-electron chi connectivity index (χ4n) is 1.65. The van der Waals surface area contributed by atoms with Crippen molar-refractivity contribution in [2.75, 3.05) is 18.9 Å². The fraction of sp³-hybridized carbons (Fsp3) is 0.364. The second-order valence-electron chi connectivity index (χ2n) is 3.45. The van der Waals surface area contributed by atoms with Gasteiger partial charge >= 0.3 is 0 Å². The van der Waals surface area contributed by atoms with E-state index < -0.39 is 0 Å². The molecule has 0 atom stereocenters. The zero-order chi connectivity index (χ0) is 11.5. The SMILES string of the molecule is CCOCCn1c(N)nc2ccc(Br)cc21. The highest BCUT2D eigenvalue weighted by Crippen LogP contribution is 2.21. The van der Waals surface area contributed by atoms with E-state index in [1.54, 1.807) is 0 Å². The Morgan fingerprint density at radius 2 is 2.31 bits per heavy atom. The Morgan fingerprint density at radius 1 is 1.50 bits per heavy atom. The standard InChI is InChI=1S/C11H14BrN3O/c1-2-16-6-5-15-10-7-8(12)3-4-9(10)14-11(15)13/h3-4,7H,2,5-6H2,1H3,(H2,13,14). The molecule has 0 amide bonds. The minimum atomic E-state index is 0.535. The summed E-state index contributed by atoms with van der Waals surface area (Å²) in [6.07, 6.45) is 0. The maximum atomic E-state index is 5.87. The van der Waals surface area contributed by atoms with Gasteiger partial charge in [-0.05, 0) is 25.1 Å². The van der Waals surface area contributed by atoms with Crippen LogP contribution in [-0.2, 0) is 11.3 Å². The Balaban J connectivity index is 2.34. The zero-order valence-electron chi connectivity index (χ0n) is 9.11. The average molecular weight is 284 g/mol. The van der Waals surface area contributed by atoms with Gasteiger partial charge in [0.15, 0.2) is 0 Å². The lowest BCUT2D eigenvalue weighted by atomic mass is 10.3. The van der Waals surface area contributed by atoms with Gasteiger partial charge in [-0.25, -0.2) is 4.98 Å². The summed E-state index contributed by atoms with van der Waals surface area (Å²) in [4.78, 5) is 4.30. The van der Waals surface area contributed by atoms with Gasteiger partial charge in [-0.1, -0.05) is 15.9 Å². The van der Waals surface area contributed by atoms with Gasteiger partial charge in [-0.2, -0.15) is 0 Å². The van der Waals surface area contributed by atoms with E-state index in [0.29, 0.717) is 12.6 Å². The first-order valence-electron chi connectivity index (χ1n) is 5.21. The Labute approximate surface area is 103 Å². The van der Waals surface area contributed by atoms with E-state index in [4.69, 9.17) is 10.5 Å². The number of nitrogen functional groups attached to an aromatic ring is 1. The quantitative estimate of drug-likeness (QED) is 0.877. The van der Waals surface area contributed by atoms with Crippen LogP contribution in [-0.4, -0.2) is 22.8 Å². The predicted molar refractivity (Wildman–Crippen MR) is 68.3 cm³/mol. The molecule has 16 heavy (non-hydrogen) atoms. The van der Waals surface area contributed by atoms with Crippen LogP contribution in [0.3, 0.4) is 0 Å². The third-order valence-corrected chi connectivity index (χ3v) is 2.90. The normalized spacial score (nSPS) is 11.1. The number of benzene rings is 1. The summed E-state index contributed by atoms with van der Waals surface area (Å²) in [5.41, 5.74) is 7.81. The number of rotatable bonds is 4. The smallest absolute Gasteiger partial charge is 0.201 e. The van der Waals surface area contributed by atoms with Gasteiger partial charge in [0.25, 0.3) is 0 Å². The van der Waals surface area contributed by atoms with Gasteiger partial charge in [0, 0.05) is 17.6 Å². The van der Waals surface area contributed by atoms with Gasteiger partial charge in [0.1, 0.15) is 0 Å². The molecule has 0 saturated heterocycles. The number of ether oxygens (including phenoxy) is 1. The maximum absolute atomic E-state index is 5.87. The van der Waals surface area contributed by atoms with Crippen molar-refractivity contribution in [2.45, 2.75) is 13.5 Å². The third-order valence-electron chi connectivity index (χ3n) is 2.40. The second-order valence-corrected chi connectivity index (χ2v) is 4.37. The van der Waals surface area contributed by atoms with Crippen LogP contribution in [0.2, 0.25) is 0 Å². The van der Waals surface area contributed by atoms with Crippen LogP contribution >= 0.6 is 15.9 Å². The number of halogens is 1. The first kappa shape index (κ1) is 11.4. The largest absolute Gasteiger partial charge is 0.380 e. The van der Waals surface area contributed by atoms with Gasteiger partial charge in [0.2, 0.25) is 5.95 Å². The van der Waals surface area contributed by atoms with Crippen molar-refractivity contribution in [1.29, 1.82) is 0 Å². The van der Waals surface area contributed by atoms with E-state index in [9.17, 15) is 0 Å². The number of anilines is 1. The van der Waals surface area contributed by atoms with E-state index in [1.807, 2.05) is 29.7 Å². The number of hydrogen-bond acceptors (Lipinski definition) is 3. The maximum Gasteiger partial charge on any atom is 0.201 e. The highest BCUT2D eigenvalue weighted by atomic mass is 79.9. The molecule has 2 aromatic rings. The zero-order valence-corrected chi connectivity index (χ0v) is 10.7. The molecular weight excluding hydrogens is 270 g/mol. The Bertz CT molecular complexity index is 495. The summed E-state index contributed by atoms with van der Waals surface area (Å²) in [6, 6.07) is 5.93. The van der Waals surface area contributed by atoms with Gasteiger partial charge in [-0.3, -0.25) is 0 Å².